The molecule has 82 valence electrons. The van der Waals surface area contributed by atoms with Gasteiger partial charge in [-0.1, -0.05) is 0 Å². The molecule has 1 aromatic rings. The van der Waals surface area contributed by atoms with Crippen LogP contribution in [0.4, 0.5) is 18.9 Å². The maximum absolute atomic E-state index is 12.7. The summed E-state index contributed by atoms with van der Waals surface area (Å²) in [4.78, 5) is 12.3. The first-order valence-corrected chi connectivity index (χ1v) is 4.18. The summed E-state index contributed by atoms with van der Waals surface area (Å²) in [6.07, 6.45) is -3.10. The van der Waals surface area contributed by atoms with Crippen LogP contribution in [0, 0.1) is 16.1 Å². The van der Waals surface area contributed by atoms with Crippen LogP contribution in [0.3, 0.4) is 0 Å². The lowest BCUT2D eigenvalue weighted by molar-refractivity contribution is -0.385. The monoisotopic (exact) mass is 240 g/mol. The van der Waals surface area contributed by atoms with E-state index in [2.05, 4.69) is 4.98 Å². The summed E-state index contributed by atoms with van der Waals surface area (Å²) < 4.78 is 37.3. The van der Waals surface area contributed by atoms with Crippen molar-refractivity contribution in [1.29, 1.82) is 0 Å². The van der Waals surface area contributed by atoms with E-state index in [0.717, 1.165) is 0 Å². The lowest BCUT2D eigenvalue weighted by atomic mass is 10.2. The SMILES string of the molecule is O=[N+]([O-])c1cc(F)nc(C(F)F)c1CCl. The smallest absolute Gasteiger partial charge is 0.258 e. The molecule has 0 bridgehead atoms. The molecule has 0 N–H and O–H groups in total. The van der Waals surface area contributed by atoms with Crippen molar-refractivity contribution in [2.75, 3.05) is 0 Å². The highest BCUT2D eigenvalue weighted by atomic mass is 35.5. The van der Waals surface area contributed by atoms with Crippen molar-refractivity contribution in [2.24, 2.45) is 0 Å². The van der Waals surface area contributed by atoms with E-state index in [4.69, 9.17) is 11.6 Å². The number of nitrogens with zero attached hydrogens (tertiary/aromatic N) is 2. The van der Waals surface area contributed by atoms with Crippen LogP contribution >= 0.6 is 11.6 Å². The van der Waals surface area contributed by atoms with Gasteiger partial charge in [-0.25, -0.2) is 13.8 Å². The van der Waals surface area contributed by atoms with Gasteiger partial charge in [-0.05, 0) is 0 Å². The molecule has 0 atom stereocenters. The molecule has 8 heteroatoms. The van der Waals surface area contributed by atoms with Gasteiger partial charge in [-0.3, -0.25) is 10.1 Å². The number of halogens is 4. The third kappa shape index (κ3) is 2.35. The highest BCUT2D eigenvalue weighted by Crippen LogP contribution is 2.29. The van der Waals surface area contributed by atoms with Crippen molar-refractivity contribution in [3.8, 4) is 0 Å². The van der Waals surface area contributed by atoms with E-state index in [1.165, 1.54) is 0 Å². The van der Waals surface area contributed by atoms with Crippen LogP contribution in [-0.2, 0) is 5.88 Å². The minimum atomic E-state index is -3.10. The van der Waals surface area contributed by atoms with Gasteiger partial charge in [0.25, 0.3) is 12.1 Å². The third-order valence-corrected chi connectivity index (χ3v) is 1.91. The van der Waals surface area contributed by atoms with Gasteiger partial charge in [0, 0.05) is 0 Å². The zero-order chi connectivity index (χ0) is 11.6. The lowest BCUT2D eigenvalue weighted by Gasteiger charge is -2.05. The Morgan fingerprint density at radius 1 is 1.60 bits per heavy atom. The second-order valence-corrected chi connectivity index (χ2v) is 2.79. The van der Waals surface area contributed by atoms with Crippen molar-refractivity contribution in [3.05, 3.63) is 33.4 Å². The average molecular weight is 241 g/mol. The number of rotatable bonds is 3. The van der Waals surface area contributed by atoms with Crippen LogP contribution in [0.1, 0.15) is 17.7 Å². The van der Waals surface area contributed by atoms with Crippen LogP contribution in [0.25, 0.3) is 0 Å². The standard InChI is InChI=1S/C7H4ClF3N2O2/c8-2-3-4(13(14)15)1-5(9)12-6(3)7(10)11/h1,7H,2H2. The van der Waals surface area contributed by atoms with E-state index < -0.39 is 40.1 Å². The van der Waals surface area contributed by atoms with Crippen molar-refractivity contribution in [2.45, 2.75) is 12.3 Å². The van der Waals surface area contributed by atoms with Crippen LogP contribution < -0.4 is 0 Å². The van der Waals surface area contributed by atoms with E-state index in [0.29, 0.717) is 6.07 Å². The molecule has 1 rings (SSSR count). The zero-order valence-electron chi connectivity index (χ0n) is 7.08. The quantitative estimate of drug-likeness (QED) is 0.353. The summed E-state index contributed by atoms with van der Waals surface area (Å²) in [6, 6.07) is 0.462. The van der Waals surface area contributed by atoms with Gasteiger partial charge >= 0.3 is 0 Å². The van der Waals surface area contributed by atoms with E-state index >= 15 is 0 Å². The van der Waals surface area contributed by atoms with E-state index in [1.807, 2.05) is 0 Å². The number of aromatic nitrogens is 1. The van der Waals surface area contributed by atoms with Gasteiger partial charge in [0.2, 0.25) is 5.95 Å². The molecule has 0 unspecified atom stereocenters. The van der Waals surface area contributed by atoms with E-state index in [1.54, 1.807) is 0 Å². The summed E-state index contributed by atoms with van der Waals surface area (Å²) in [5.41, 5.74) is -2.23. The second-order valence-electron chi connectivity index (χ2n) is 2.52. The zero-order valence-corrected chi connectivity index (χ0v) is 7.84. The first kappa shape index (κ1) is 11.7. The molecule has 0 aliphatic heterocycles. The number of alkyl halides is 3. The number of nitro groups is 1. The normalized spacial score (nSPS) is 10.7. The maximum Gasteiger partial charge on any atom is 0.281 e. The summed E-state index contributed by atoms with van der Waals surface area (Å²) in [7, 11) is 0. The van der Waals surface area contributed by atoms with Crippen molar-refractivity contribution in [1.82, 2.24) is 4.98 Å². The van der Waals surface area contributed by atoms with E-state index in [9.17, 15) is 23.3 Å². The van der Waals surface area contributed by atoms with Gasteiger partial charge in [0.05, 0.1) is 22.4 Å². The predicted molar refractivity (Wildman–Crippen MR) is 45.4 cm³/mol. The van der Waals surface area contributed by atoms with Crippen LogP contribution in [0.5, 0.6) is 0 Å². The van der Waals surface area contributed by atoms with Crippen LogP contribution in [-0.4, -0.2) is 9.91 Å². The fraction of sp³-hybridized carbons (Fsp3) is 0.286. The summed E-state index contributed by atoms with van der Waals surface area (Å²) in [5, 5.41) is 10.4. The number of pyridine rings is 1. The Labute approximate surface area is 86.8 Å². The van der Waals surface area contributed by atoms with Gasteiger partial charge < -0.3 is 0 Å². The molecule has 4 nitrogen and oxygen atoms in total. The molecule has 0 aliphatic rings. The molecular weight excluding hydrogens is 237 g/mol. The Hall–Kier alpha value is -1.37. The molecule has 0 amide bonds. The minimum Gasteiger partial charge on any atom is -0.258 e. The van der Waals surface area contributed by atoms with Gasteiger partial charge in [-0.2, -0.15) is 4.39 Å². The number of hydrogen-bond acceptors (Lipinski definition) is 3. The molecule has 0 radical (unpaired) electrons. The average Bonchev–Trinajstić information content (AvgIpc) is 2.16. The molecule has 0 saturated carbocycles. The molecule has 0 aliphatic carbocycles. The fourth-order valence-corrected chi connectivity index (χ4v) is 1.30. The minimum absolute atomic E-state index is 0.460. The summed E-state index contributed by atoms with van der Waals surface area (Å²) >= 11 is 5.28. The molecule has 0 aromatic carbocycles. The molecule has 1 aromatic heterocycles. The molecular formula is C7H4ClF3N2O2. The lowest BCUT2D eigenvalue weighted by Crippen LogP contribution is -2.04. The number of hydrogen-bond donors (Lipinski definition) is 0. The van der Waals surface area contributed by atoms with Crippen molar-refractivity contribution >= 4 is 17.3 Å². The second kappa shape index (κ2) is 4.43. The van der Waals surface area contributed by atoms with Crippen molar-refractivity contribution < 1.29 is 18.1 Å². The van der Waals surface area contributed by atoms with Gasteiger partial charge in [0.15, 0.2) is 0 Å². The molecule has 15 heavy (non-hydrogen) atoms. The van der Waals surface area contributed by atoms with Crippen LogP contribution in [0.15, 0.2) is 6.07 Å². The molecule has 0 spiro atoms. The Bertz CT molecular complexity index is 400. The first-order valence-electron chi connectivity index (χ1n) is 3.65. The highest BCUT2D eigenvalue weighted by molar-refractivity contribution is 6.17. The Balaban J connectivity index is 3.45. The Morgan fingerprint density at radius 2 is 2.20 bits per heavy atom. The van der Waals surface area contributed by atoms with E-state index in [-0.39, 0.29) is 0 Å². The first-order chi connectivity index (χ1) is 6.97. The fourth-order valence-electron chi connectivity index (χ4n) is 1.03. The van der Waals surface area contributed by atoms with Crippen molar-refractivity contribution in [3.63, 3.8) is 0 Å². The Kier molecular flexibility index (Phi) is 3.46. The summed E-state index contributed by atoms with van der Waals surface area (Å²) in [6.45, 7) is 0. The van der Waals surface area contributed by atoms with Gasteiger partial charge in [0.1, 0.15) is 5.69 Å². The highest BCUT2D eigenvalue weighted by Gasteiger charge is 2.25. The topological polar surface area (TPSA) is 56.0 Å². The molecule has 0 saturated heterocycles. The summed E-state index contributed by atoms with van der Waals surface area (Å²) in [5.74, 6) is -1.85. The van der Waals surface area contributed by atoms with Gasteiger partial charge in [-0.15, -0.1) is 11.6 Å². The molecule has 0 fully saturated rings. The Morgan fingerprint density at radius 3 is 2.60 bits per heavy atom. The maximum atomic E-state index is 12.7. The van der Waals surface area contributed by atoms with Crippen LogP contribution in [0.2, 0.25) is 0 Å². The third-order valence-electron chi connectivity index (χ3n) is 1.64. The predicted octanol–water partition coefficient (Wildman–Crippen LogP) is 2.81. The largest absolute Gasteiger partial charge is 0.281 e. The molecule has 1 heterocycles.